The third-order valence-corrected chi connectivity index (χ3v) is 4.58. The zero-order chi connectivity index (χ0) is 19.1. The van der Waals surface area contributed by atoms with Crippen LogP contribution in [0.15, 0.2) is 24.3 Å². The summed E-state index contributed by atoms with van der Waals surface area (Å²) in [5.74, 6) is -1.18. The Kier molecular flexibility index (Phi) is 7.00. The van der Waals surface area contributed by atoms with Crippen molar-refractivity contribution in [2.75, 3.05) is 20.3 Å². The molecule has 1 aromatic rings. The number of para-hydroxylation sites is 1. The van der Waals surface area contributed by atoms with Gasteiger partial charge in [-0.2, -0.15) is 0 Å². The van der Waals surface area contributed by atoms with E-state index in [0.717, 1.165) is 18.4 Å². The Morgan fingerprint density at radius 3 is 2.69 bits per heavy atom. The molecule has 2 atom stereocenters. The minimum absolute atomic E-state index is 0.00769. The molecular weight excluding hydrogens is 336 g/mol. The maximum Gasteiger partial charge on any atom is 0.311 e. The molecule has 0 aromatic heterocycles. The number of hydrogen-bond acceptors (Lipinski definition) is 5. The van der Waals surface area contributed by atoms with E-state index in [4.69, 9.17) is 15.2 Å². The molecule has 7 nitrogen and oxygen atoms in total. The number of primary amides is 1. The van der Waals surface area contributed by atoms with Crippen LogP contribution in [0.4, 0.5) is 0 Å². The molecule has 0 aliphatic carbocycles. The van der Waals surface area contributed by atoms with Crippen LogP contribution in [-0.4, -0.2) is 42.9 Å². The topological polar surface area (TPSA) is 98.9 Å². The van der Waals surface area contributed by atoms with Gasteiger partial charge in [0.25, 0.3) is 5.91 Å². The van der Waals surface area contributed by atoms with Gasteiger partial charge in [-0.25, -0.2) is 0 Å². The maximum atomic E-state index is 12.6. The molecule has 2 rings (SSSR count). The molecule has 26 heavy (non-hydrogen) atoms. The van der Waals surface area contributed by atoms with Crippen LogP contribution >= 0.6 is 0 Å². The summed E-state index contributed by atoms with van der Waals surface area (Å²) >= 11 is 0. The lowest BCUT2D eigenvalue weighted by atomic mass is 9.83. The van der Waals surface area contributed by atoms with Crippen LogP contribution in [0.3, 0.4) is 0 Å². The number of unbranched alkanes of at least 4 members (excludes halogenated alkanes) is 1. The van der Waals surface area contributed by atoms with Gasteiger partial charge in [-0.1, -0.05) is 31.5 Å². The first kappa shape index (κ1) is 19.8. The van der Waals surface area contributed by atoms with E-state index in [1.165, 1.54) is 0 Å². The summed E-state index contributed by atoms with van der Waals surface area (Å²) in [6, 6.07) is 6.86. The summed E-state index contributed by atoms with van der Waals surface area (Å²) in [5, 5.41) is 0. The first-order valence-corrected chi connectivity index (χ1v) is 8.86. The summed E-state index contributed by atoms with van der Waals surface area (Å²) in [4.78, 5) is 37.9. The van der Waals surface area contributed by atoms with Crippen molar-refractivity contribution >= 4 is 17.8 Å². The van der Waals surface area contributed by atoms with E-state index < -0.39 is 30.4 Å². The van der Waals surface area contributed by atoms with Crippen molar-refractivity contribution < 1.29 is 23.9 Å². The monoisotopic (exact) mass is 362 g/mol. The third kappa shape index (κ3) is 4.53. The number of amides is 2. The molecule has 142 valence electrons. The number of piperidine rings is 1. The molecule has 0 saturated carbocycles. The van der Waals surface area contributed by atoms with Crippen LogP contribution in [0, 0.1) is 5.92 Å². The van der Waals surface area contributed by atoms with Crippen LogP contribution < -0.4 is 10.5 Å². The zero-order valence-corrected chi connectivity index (χ0v) is 15.3. The third-order valence-electron chi connectivity index (χ3n) is 4.58. The summed E-state index contributed by atoms with van der Waals surface area (Å²) in [5.41, 5.74) is 5.84. The smallest absolute Gasteiger partial charge is 0.311 e. The molecule has 7 heteroatoms. The van der Waals surface area contributed by atoms with Gasteiger partial charge in [0.2, 0.25) is 5.91 Å². The maximum absolute atomic E-state index is 12.6. The number of nitrogens with zero attached hydrogens (tertiary/aromatic N) is 1. The largest absolute Gasteiger partial charge is 0.496 e. The normalized spacial score (nSPS) is 19.9. The molecule has 0 bridgehead atoms. The van der Waals surface area contributed by atoms with Crippen molar-refractivity contribution in [2.24, 2.45) is 11.7 Å². The fourth-order valence-electron chi connectivity index (χ4n) is 3.34. The fourth-order valence-corrected chi connectivity index (χ4v) is 3.34. The number of benzene rings is 1. The number of carbonyl (C=O) groups excluding carboxylic acids is 3. The van der Waals surface area contributed by atoms with Gasteiger partial charge in [-0.3, -0.25) is 14.4 Å². The van der Waals surface area contributed by atoms with Crippen LogP contribution in [0.1, 0.15) is 44.2 Å². The molecule has 0 radical (unpaired) electrons. The minimum Gasteiger partial charge on any atom is -0.496 e. The van der Waals surface area contributed by atoms with Crippen molar-refractivity contribution in [3.8, 4) is 5.75 Å². The highest BCUT2D eigenvalue weighted by Crippen LogP contribution is 2.41. The number of hydrogen-bond donors (Lipinski definition) is 1. The summed E-state index contributed by atoms with van der Waals surface area (Å²) in [6.45, 7) is 2.14. The predicted octanol–water partition coefficient (Wildman–Crippen LogP) is 1.80. The van der Waals surface area contributed by atoms with Gasteiger partial charge in [-0.05, 0) is 18.9 Å². The molecule has 2 amide bonds. The van der Waals surface area contributed by atoms with Crippen molar-refractivity contribution in [3.63, 3.8) is 0 Å². The molecule has 1 aromatic carbocycles. The summed E-state index contributed by atoms with van der Waals surface area (Å²) in [7, 11) is 1.56. The summed E-state index contributed by atoms with van der Waals surface area (Å²) < 4.78 is 10.5. The van der Waals surface area contributed by atoms with Gasteiger partial charge < -0.3 is 20.1 Å². The molecule has 0 spiro atoms. The van der Waals surface area contributed by atoms with Crippen LogP contribution in [0.25, 0.3) is 0 Å². The number of ether oxygens (including phenoxy) is 2. The number of carbonyl (C=O) groups is 3. The van der Waals surface area contributed by atoms with E-state index in [9.17, 15) is 14.4 Å². The Labute approximate surface area is 153 Å². The molecular formula is C19H26N2O5. The van der Waals surface area contributed by atoms with E-state index in [2.05, 4.69) is 0 Å². The highest BCUT2D eigenvalue weighted by Gasteiger charge is 2.42. The van der Waals surface area contributed by atoms with Crippen molar-refractivity contribution in [3.05, 3.63) is 29.8 Å². The second-order valence-electron chi connectivity index (χ2n) is 6.35. The number of rotatable bonds is 8. The van der Waals surface area contributed by atoms with E-state index in [-0.39, 0.29) is 12.3 Å². The van der Waals surface area contributed by atoms with Crippen LogP contribution in [0.5, 0.6) is 5.75 Å². The van der Waals surface area contributed by atoms with Gasteiger partial charge in [0.05, 0.1) is 19.1 Å². The number of methoxy groups -OCH3 is 1. The quantitative estimate of drug-likeness (QED) is 0.711. The highest BCUT2D eigenvalue weighted by molar-refractivity contribution is 5.84. The van der Waals surface area contributed by atoms with Crippen molar-refractivity contribution in [2.45, 2.75) is 38.6 Å². The second-order valence-corrected chi connectivity index (χ2v) is 6.35. The predicted molar refractivity (Wildman–Crippen MR) is 95.2 cm³/mol. The number of nitrogens with two attached hydrogens (primary N) is 1. The lowest BCUT2D eigenvalue weighted by molar-refractivity contribution is -0.159. The van der Waals surface area contributed by atoms with Crippen LogP contribution in [-0.2, 0) is 19.1 Å². The van der Waals surface area contributed by atoms with Gasteiger partial charge >= 0.3 is 5.97 Å². The van der Waals surface area contributed by atoms with Gasteiger partial charge in [-0.15, -0.1) is 0 Å². The van der Waals surface area contributed by atoms with E-state index >= 15 is 0 Å². The highest BCUT2D eigenvalue weighted by atomic mass is 16.5. The summed E-state index contributed by atoms with van der Waals surface area (Å²) in [6.07, 6.45) is 2.40. The first-order valence-electron chi connectivity index (χ1n) is 8.86. The lowest BCUT2D eigenvalue weighted by Crippen LogP contribution is -2.46. The van der Waals surface area contributed by atoms with Crippen LogP contribution in [0.2, 0.25) is 0 Å². The van der Waals surface area contributed by atoms with E-state index in [0.29, 0.717) is 18.7 Å². The molecule has 1 fully saturated rings. The lowest BCUT2D eigenvalue weighted by Gasteiger charge is -2.40. The Bertz CT molecular complexity index is 661. The first-order chi connectivity index (χ1) is 12.5. The van der Waals surface area contributed by atoms with E-state index in [1.54, 1.807) is 18.1 Å². The van der Waals surface area contributed by atoms with Gasteiger partial charge in [0, 0.05) is 18.5 Å². The Morgan fingerprint density at radius 2 is 2.04 bits per heavy atom. The molecule has 1 aliphatic heterocycles. The van der Waals surface area contributed by atoms with Crippen molar-refractivity contribution in [1.82, 2.24) is 4.90 Å². The molecule has 2 N–H and O–H groups in total. The molecule has 0 unspecified atom stereocenters. The Morgan fingerprint density at radius 1 is 1.31 bits per heavy atom. The van der Waals surface area contributed by atoms with Gasteiger partial charge in [0.15, 0.2) is 6.61 Å². The second kappa shape index (κ2) is 9.22. The number of esters is 1. The van der Waals surface area contributed by atoms with Gasteiger partial charge in [0.1, 0.15) is 5.75 Å². The zero-order valence-electron chi connectivity index (χ0n) is 15.3. The molecule has 1 saturated heterocycles. The average Bonchev–Trinajstić information content (AvgIpc) is 2.64. The Hall–Kier alpha value is -2.57. The number of likely N-dealkylation sites (tertiary alicyclic amines) is 1. The van der Waals surface area contributed by atoms with Crippen molar-refractivity contribution in [1.29, 1.82) is 0 Å². The fraction of sp³-hybridized carbons (Fsp3) is 0.526. The molecule has 1 aliphatic rings. The molecule has 1 heterocycles. The standard InChI is InChI=1S/C19H26N2O5/c1-3-4-11-21-17(23)10-9-14(19(24)26-12-16(20)22)18(21)13-7-5-6-8-15(13)25-2/h5-8,14,18H,3-4,9-12H2,1-2H3,(H2,20,22)/t14-,18+/m0/s1. The minimum atomic E-state index is -0.707. The van der Waals surface area contributed by atoms with E-state index in [1.807, 2.05) is 25.1 Å². The Balaban J connectivity index is 2.39. The average molecular weight is 362 g/mol. The SMILES string of the molecule is CCCCN1C(=O)CC[C@H](C(=O)OCC(N)=O)[C@H]1c1ccccc1OC.